The van der Waals surface area contributed by atoms with Gasteiger partial charge in [-0.3, -0.25) is 14.6 Å². The Labute approximate surface area is 231 Å². The van der Waals surface area contributed by atoms with E-state index in [1.165, 1.54) is 11.8 Å². The van der Waals surface area contributed by atoms with Crippen LogP contribution in [0.15, 0.2) is 39.6 Å². The number of nitroso groups, excluding NO2 is 1. The second-order valence-corrected chi connectivity index (χ2v) is 12.1. The standard InChI is InChI=1S/C22H26ClN7O4S3/c23-18-15(28-22(25)37-18)16(29-33)19(31)27-17-20(32)30-9-13(11-35-21(17)30)36-14-4-6-26-8-12(14)10-34-7-3-1-2-5-24/h4,6,8-9,16-17,21H,1-3,5,7,10-11,24H2,(H2,25,28)(H,27,31)/t16?,17-,21+/m1/s1. The molecule has 4 heterocycles. The van der Waals surface area contributed by atoms with Crippen molar-refractivity contribution in [2.24, 2.45) is 10.9 Å². The fourth-order valence-electron chi connectivity index (χ4n) is 3.77. The van der Waals surface area contributed by atoms with Gasteiger partial charge < -0.3 is 26.4 Å². The van der Waals surface area contributed by atoms with Crippen molar-refractivity contribution < 1.29 is 14.3 Å². The van der Waals surface area contributed by atoms with Gasteiger partial charge in [-0.25, -0.2) is 4.98 Å². The Morgan fingerprint density at radius 1 is 1.41 bits per heavy atom. The fraction of sp³-hybridized carbons (Fsp3) is 0.455. The Hall–Kier alpha value is -2.23. The monoisotopic (exact) mass is 583 g/mol. The summed E-state index contributed by atoms with van der Waals surface area (Å²) in [7, 11) is 0. The third kappa shape index (κ3) is 6.62. The van der Waals surface area contributed by atoms with Crippen molar-refractivity contribution in [1.82, 2.24) is 20.2 Å². The first-order valence-electron chi connectivity index (χ1n) is 11.5. The number of ether oxygens (including phenoxy) is 1. The van der Waals surface area contributed by atoms with Crippen LogP contribution < -0.4 is 16.8 Å². The number of nitrogens with one attached hydrogen (secondary N) is 1. The molecule has 2 aliphatic heterocycles. The number of aromatic nitrogens is 2. The SMILES string of the molecule is NCCCCCOCc1cnccc1SC1=CN2C(=O)[C@@H](NC(=O)C(N=O)c3nc(N)sc3Cl)[C@@H]2SC1. The molecule has 2 aliphatic rings. The lowest BCUT2D eigenvalue weighted by atomic mass is 10.1. The second-order valence-electron chi connectivity index (χ2n) is 8.24. The molecule has 5 N–H and O–H groups in total. The summed E-state index contributed by atoms with van der Waals surface area (Å²) < 4.78 is 5.92. The Balaban J connectivity index is 1.33. The highest BCUT2D eigenvalue weighted by molar-refractivity contribution is 8.06. The zero-order valence-electron chi connectivity index (χ0n) is 19.7. The molecule has 0 bridgehead atoms. The van der Waals surface area contributed by atoms with Crippen LogP contribution in [0.5, 0.6) is 0 Å². The predicted molar refractivity (Wildman–Crippen MR) is 146 cm³/mol. The minimum absolute atomic E-state index is 0.0112. The van der Waals surface area contributed by atoms with E-state index >= 15 is 0 Å². The highest BCUT2D eigenvalue weighted by Gasteiger charge is 2.50. The highest BCUT2D eigenvalue weighted by atomic mass is 35.5. The van der Waals surface area contributed by atoms with E-state index in [9.17, 15) is 14.5 Å². The summed E-state index contributed by atoms with van der Waals surface area (Å²) in [5, 5.41) is 5.32. The van der Waals surface area contributed by atoms with Gasteiger partial charge in [0.05, 0.1) is 6.61 Å². The minimum Gasteiger partial charge on any atom is -0.377 e. The summed E-state index contributed by atoms with van der Waals surface area (Å²) in [6, 6.07) is -0.325. The number of hydrogen-bond donors (Lipinski definition) is 3. The maximum atomic E-state index is 12.8. The van der Waals surface area contributed by atoms with Gasteiger partial charge in [0, 0.05) is 46.3 Å². The molecule has 1 saturated heterocycles. The molecule has 198 valence electrons. The Morgan fingerprint density at radius 2 is 2.24 bits per heavy atom. The molecule has 0 saturated carbocycles. The number of unbranched alkanes of at least 4 members (excludes halogenated alkanes) is 2. The number of nitrogen functional groups attached to an aromatic ring is 1. The summed E-state index contributed by atoms with van der Waals surface area (Å²) in [4.78, 5) is 48.6. The van der Waals surface area contributed by atoms with Crippen LogP contribution in [-0.4, -0.2) is 57.0 Å². The number of thioether (sulfide) groups is 2. The normalized spacial score (nSPS) is 19.6. The first kappa shape index (κ1) is 27.8. The van der Waals surface area contributed by atoms with E-state index in [-0.39, 0.29) is 26.4 Å². The van der Waals surface area contributed by atoms with Crippen molar-refractivity contribution in [3.05, 3.63) is 50.1 Å². The van der Waals surface area contributed by atoms with Crippen LogP contribution in [0.2, 0.25) is 4.34 Å². The smallest absolute Gasteiger partial charge is 0.255 e. The number of pyridine rings is 1. The maximum Gasteiger partial charge on any atom is 0.255 e. The van der Waals surface area contributed by atoms with Crippen LogP contribution in [0.4, 0.5) is 5.13 Å². The first-order chi connectivity index (χ1) is 17.9. The van der Waals surface area contributed by atoms with Crippen molar-refractivity contribution in [3.8, 4) is 0 Å². The third-order valence-electron chi connectivity index (χ3n) is 5.65. The molecule has 0 radical (unpaired) electrons. The number of thiazole rings is 1. The number of nitrogens with zero attached hydrogens (tertiary/aromatic N) is 4. The molecule has 3 atom stereocenters. The number of amides is 2. The van der Waals surface area contributed by atoms with E-state index < -0.39 is 18.0 Å². The van der Waals surface area contributed by atoms with Crippen LogP contribution in [-0.2, 0) is 20.9 Å². The van der Waals surface area contributed by atoms with Crippen molar-refractivity contribution >= 4 is 63.4 Å². The summed E-state index contributed by atoms with van der Waals surface area (Å²) in [5.74, 6) is -0.362. The lowest BCUT2D eigenvalue weighted by Gasteiger charge is -2.47. The first-order valence-corrected chi connectivity index (χ1v) is 14.6. The van der Waals surface area contributed by atoms with Gasteiger partial charge in [-0.2, -0.15) is 0 Å². The molecular weight excluding hydrogens is 558 g/mol. The molecule has 4 rings (SSSR count). The van der Waals surface area contributed by atoms with Gasteiger partial charge in [0.2, 0.25) is 6.04 Å². The predicted octanol–water partition coefficient (Wildman–Crippen LogP) is 3.26. The van der Waals surface area contributed by atoms with Gasteiger partial charge in [-0.1, -0.05) is 34.7 Å². The number of halogens is 1. The molecule has 15 heteroatoms. The van der Waals surface area contributed by atoms with Crippen LogP contribution in [0.1, 0.15) is 36.6 Å². The maximum absolute atomic E-state index is 12.8. The van der Waals surface area contributed by atoms with Gasteiger partial charge in [0.15, 0.2) is 5.13 Å². The zero-order chi connectivity index (χ0) is 26.4. The average Bonchev–Trinajstić information content (AvgIpc) is 3.23. The highest BCUT2D eigenvalue weighted by Crippen LogP contribution is 2.42. The van der Waals surface area contributed by atoms with E-state index in [1.54, 1.807) is 29.1 Å². The molecule has 0 aliphatic carbocycles. The Kier molecular flexibility index (Phi) is 9.78. The number of β-lactam (4-membered cyclic amide) rings is 1. The van der Waals surface area contributed by atoms with Crippen LogP contribution >= 0.6 is 46.5 Å². The summed E-state index contributed by atoms with van der Waals surface area (Å²) >= 11 is 10.1. The Morgan fingerprint density at radius 3 is 2.97 bits per heavy atom. The number of nitrogens with two attached hydrogens (primary N) is 2. The molecule has 2 aromatic rings. The Bertz CT molecular complexity index is 1180. The van der Waals surface area contributed by atoms with Crippen LogP contribution in [0, 0.1) is 4.91 Å². The minimum atomic E-state index is -1.48. The van der Waals surface area contributed by atoms with E-state index in [1.807, 2.05) is 12.3 Å². The lowest BCUT2D eigenvalue weighted by Crippen LogP contribution is -2.68. The van der Waals surface area contributed by atoms with E-state index in [4.69, 9.17) is 27.8 Å². The summed E-state index contributed by atoms with van der Waals surface area (Å²) in [5.41, 5.74) is 12.1. The molecule has 2 aromatic heterocycles. The molecular formula is C22H26ClN7O4S3. The van der Waals surface area contributed by atoms with Crippen LogP contribution in [0.3, 0.4) is 0 Å². The topological polar surface area (TPSA) is 166 Å². The van der Waals surface area contributed by atoms with Gasteiger partial charge in [-0.05, 0) is 37.1 Å². The molecule has 2 amide bonds. The summed E-state index contributed by atoms with van der Waals surface area (Å²) in [6.07, 6.45) is 8.33. The van der Waals surface area contributed by atoms with Gasteiger partial charge >= 0.3 is 0 Å². The van der Waals surface area contributed by atoms with E-state index in [2.05, 4.69) is 20.5 Å². The number of hydrogen-bond acceptors (Lipinski definition) is 12. The van der Waals surface area contributed by atoms with E-state index in [0.717, 1.165) is 46.0 Å². The molecule has 0 aromatic carbocycles. The van der Waals surface area contributed by atoms with Crippen molar-refractivity contribution in [2.75, 3.05) is 24.6 Å². The molecule has 11 nitrogen and oxygen atoms in total. The van der Waals surface area contributed by atoms with Crippen molar-refractivity contribution in [2.45, 2.75) is 48.2 Å². The number of carbonyl (C=O) groups excluding carboxylic acids is 2. The van der Waals surface area contributed by atoms with Gasteiger partial charge in [0.25, 0.3) is 11.8 Å². The van der Waals surface area contributed by atoms with Gasteiger partial charge in [0.1, 0.15) is 21.4 Å². The largest absolute Gasteiger partial charge is 0.377 e. The number of rotatable bonds is 13. The average molecular weight is 584 g/mol. The fourth-order valence-corrected chi connectivity index (χ4v) is 7.12. The molecule has 0 spiro atoms. The number of anilines is 1. The molecule has 1 unspecified atom stereocenters. The summed E-state index contributed by atoms with van der Waals surface area (Å²) in [6.45, 7) is 1.81. The van der Waals surface area contributed by atoms with E-state index in [0.29, 0.717) is 25.5 Å². The second kappa shape index (κ2) is 13.0. The number of fused-ring (bicyclic) bond motifs is 1. The molecule has 1 fully saturated rings. The van der Waals surface area contributed by atoms with Gasteiger partial charge in [-0.15, -0.1) is 16.7 Å². The van der Waals surface area contributed by atoms with Crippen molar-refractivity contribution in [1.29, 1.82) is 0 Å². The lowest BCUT2D eigenvalue weighted by molar-refractivity contribution is -0.145. The quantitative estimate of drug-likeness (QED) is 0.181. The van der Waals surface area contributed by atoms with Crippen molar-refractivity contribution in [3.63, 3.8) is 0 Å². The van der Waals surface area contributed by atoms with Crippen LogP contribution in [0.25, 0.3) is 0 Å². The molecule has 37 heavy (non-hydrogen) atoms. The number of carbonyl (C=O) groups is 2. The zero-order valence-corrected chi connectivity index (χ0v) is 22.9. The third-order valence-corrected chi connectivity index (χ3v) is 9.39.